The maximum atomic E-state index is 11.8. The van der Waals surface area contributed by atoms with E-state index in [1.54, 1.807) is 35.2 Å². The molecule has 2 rings (SSSR count). The molecule has 6 nitrogen and oxygen atoms in total. The molecular formula is C12H10N2O4S. The number of hydrogen-bond donors (Lipinski definition) is 2. The van der Waals surface area contributed by atoms with Crippen LogP contribution in [-0.4, -0.2) is 28.6 Å². The second-order valence-electron chi connectivity index (χ2n) is 3.54. The molecule has 0 aliphatic heterocycles. The number of nitrogens with one attached hydrogen (secondary N) is 1. The van der Waals surface area contributed by atoms with Crippen LogP contribution in [0, 0.1) is 0 Å². The highest BCUT2D eigenvalue weighted by atomic mass is 32.1. The third-order valence-corrected chi connectivity index (χ3v) is 2.71. The number of carbonyl (C=O) groups is 2. The lowest BCUT2D eigenvalue weighted by Crippen LogP contribution is -2.13. The molecule has 0 spiro atoms. The molecule has 0 unspecified atom stereocenters. The van der Waals surface area contributed by atoms with E-state index in [0.29, 0.717) is 17.1 Å². The predicted molar refractivity (Wildman–Crippen MR) is 69.6 cm³/mol. The molecule has 2 N–H and O–H groups in total. The lowest BCUT2D eigenvalue weighted by molar-refractivity contribution is -0.139. The van der Waals surface area contributed by atoms with Crippen molar-refractivity contribution in [2.75, 3.05) is 11.9 Å². The van der Waals surface area contributed by atoms with Crippen LogP contribution in [0.5, 0.6) is 5.75 Å². The Morgan fingerprint density at radius 1 is 1.42 bits per heavy atom. The number of aliphatic carboxylic acids is 1. The molecule has 0 atom stereocenters. The van der Waals surface area contributed by atoms with Crippen LogP contribution in [-0.2, 0) is 4.79 Å². The van der Waals surface area contributed by atoms with Crippen LogP contribution in [0.2, 0.25) is 0 Å². The molecule has 19 heavy (non-hydrogen) atoms. The van der Waals surface area contributed by atoms with Gasteiger partial charge in [0.2, 0.25) is 0 Å². The zero-order valence-electron chi connectivity index (χ0n) is 9.70. The van der Waals surface area contributed by atoms with Crippen LogP contribution < -0.4 is 10.1 Å². The van der Waals surface area contributed by atoms with Gasteiger partial charge in [0.05, 0.1) is 5.51 Å². The standard InChI is InChI=1S/C12H10N2O4S/c15-11(16)5-18-9-3-1-2-8(4-9)14-12(17)10-6-19-7-13-10/h1-4,6-7H,5H2,(H,14,17)(H,15,16). The van der Waals surface area contributed by atoms with Gasteiger partial charge in [-0.15, -0.1) is 11.3 Å². The Kier molecular flexibility index (Phi) is 4.09. The fourth-order valence-corrected chi connectivity index (χ4v) is 1.86. The van der Waals surface area contributed by atoms with Crippen LogP contribution in [0.3, 0.4) is 0 Å². The summed E-state index contributed by atoms with van der Waals surface area (Å²) in [7, 11) is 0. The van der Waals surface area contributed by atoms with Crippen molar-refractivity contribution >= 4 is 28.9 Å². The van der Waals surface area contributed by atoms with Crippen molar-refractivity contribution in [2.24, 2.45) is 0 Å². The highest BCUT2D eigenvalue weighted by Crippen LogP contribution is 2.18. The summed E-state index contributed by atoms with van der Waals surface area (Å²) in [6, 6.07) is 6.50. The number of carbonyl (C=O) groups excluding carboxylic acids is 1. The zero-order valence-corrected chi connectivity index (χ0v) is 10.5. The molecule has 98 valence electrons. The SMILES string of the molecule is O=C(O)COc1cccc(NC(=O)c2cscn2)c1. The monoisotopic (exact) mass is 278 g/mol. The first-order valence-electron chi connectivity index (χ1n) is 5.29. The number of carboxylic acid groups (broad SMARTS) is 1. The summed E-state index contributed by atoms with van der Waals surface area (Å²) in [4.78, 5) is 26.0. The van der Waals surface area contributed by atoms with Gasteiger partial charge in [-0.25, -0.2) is 9.78 Å². The predicted octanol–water partition coefficient (Wildman–Crippen LogP) is 1.86. The third-order valence-electron chi connectivity index (χ3n) is 2.12. The van der Waals surface area contributed by atoms with Gasteiger partial charge in [-0.05, 0) is 12.1 Å². The molecule has 0 aliphatic rings. The Bertz CT molecular complexity index is 583. The van der Waals surface area contributed by atoms with Gasteiger partial charge >= 0.3 is 5.97 Å². The lowest BCUT2D eigenvalue weighted by Gasteiger charge is -2.06. The molecule has 1 aromatic carbocycles. The van der Waals surface area contributed by atoms with Gasteiger partial charge in [0.15, 0.2) is 6.61 Å². The van der Waals surface area contributed by atoms with Crippen molar-refractivity contribution in [3.8, 4) is 5.75 Å². The van der Waals surface area contributed by atoms with Gasteiger partial charge in [-0.3, -0.25) is 4.79 Å². The molecule has 0 aliphatic carbocycles. The van der Waals surface area contributed by atoms with Crippen LogP contribution in [0.4, 0.5) is 5.69 Å². The van der Waals surface area contributed by atoms with Gasteiger partial charge in [-0.1, -0.05) is 6.07 Å². The van der Waals surface area contributed by atoms with E-state index >= 15 is 0 Å². The average molecular weight is 278 g/mol. The number of amides is 1. The number of hydrogen-bond acceptors (Lipinski definition) is 5. The molecule has 7 heteroatoms. The topological polar surface area (TPSA) is 88.5 Å². The number of nitrogens with zero attached hydrogens (tertiary/aromatic N) is 1. The van der Waals surface area contributed by atoms with Crippen molar-refractivity contribution in [1.29, 1.82) is 0 Å². The third kappa shape index (κ3) is 3.78. The van der Waals surface area contributed by atoms with Gasteiger partial charge in [0.25, 0.3) is 5.91 Å². The molecule has 0 bridgehead atoms. The molecule has 1 aromatic heterocycles. The Hall–Kier alpha value is -2.41. The maximum Gasteiger partial charge on any atom is 0.341 e. The Balaban J connectivity index is 2.02. The van der Waals surface area contributed by atoms with Crippen molar-refractivity contribution in [3.05, 3.63) is 40.8 Å². The van der Waals surface area contributed by atoms with E-state index in [1.807, 2.05) is 0 Å². The van der Waals surface area contributed by atoms with Gasteiger partial charge in [-0.2, -0.15) is 0 Å². The summed E-state index contributed by atoms with van der Waals surface area (Å²) in [5.41, 5.74) is 2.42. The largest absolute Gasteiger partial charge is 0.482 e. The van der Waals surface area contributed by atoms with E-state index in [4.69, 9.17) is 9.84 Å². The molecule has 2 aromatic rings. The van der Waals surface area contributed by atoms with E-state index in [0.717, 1.165) is 0 Å². The van der Waals surface area contributed by atoms with E-state index in [-0.39, 0.29) is 5.91 Å². The second kappa shape index (κ2) is 5.96. The van der Waals surface area contributed by atoms with Crippen molar-refractivity contribution in [2.45, 2.75) is 0 Å². The number of benzene rings is 1. The summed E-state index contributed by atoms with van der Waals surface area (Å²) in [6.45, 7) is -0.427. The molecule has 0 saturated carbocycles. The molecule has 0 fully saturated rings. The Morgan fingerprint density at radius 2 is 2.26 bits per heavy atom. The van der Waals surface area contributed by atoms with Crippen molar-refractivity contribution in [1.82, 2.24) is 4.98 Å². The van der Waals surface area contributed by atoms with E-state index in [9.17, 15) is 9.59 Å². The van der Waals surface area contributed by atoms with Crippen LogP contribution >= 0.6 is 11.3 Å². The maximum absolute atomic E-state index is 11.8. The lowest BCUT2D eigenvalue weighted by atomic mass is 10.3. The van der Waals surface area contributed by atoms with Crippen molar-refractivity contribution < 1.29 is 19.4 Å². The fraction of sp³-hybridized carbons (Fsp3) is 0.0833. The first-order valence-corrected chi connectivity index (χ1v) is 6.23. The first-order chi connectivity index (χ1) is 9.15. The molecule has 1 heterocycles. The minimum Gasteiger partial charge on any atom is -0.482 e. The molecule has 1 amide bonds. The van der Waals surface area contributed by atoms with Crippen LogP contribution in [0.15, 0.2) is 35.2 Å². The van der Waals surface area contributed by atoms with E-state index in [1.165, 1.54) is 11.3 Å². The normalized spacial score (nSPS) is 9.89. The van der Waals surface area contributed by atoms with E-state index in [2.05, 4.69) is 10.3 Å². The summed E-state index contributed by atoms with van der Waals surface area (Å²) in [5.74, 6) is -1.01. The smallest absolute Gasteiger partial charge is 0.341 e. The van der Waals surface area contributed by atoms with E-state index < -0.39 is 12.6 Å². The number of thiazole rings is 1. The Morgan fingerprint density at radius 3 is 2.95 bits per heavy atom. The van der Waals surface area contributed by atoms with Gasteiger partial charge in [0.1, 0.15) is 11.4 Å². The summed E-state index contributed by atoms with van der Waals surface area (Å²) >= 11 is 1.33. The molecule has 0 radical (unpaired) electrons. The number of carboxylic acids is 1. The van der Waals surface area contributed by atoms with Crippen LogP contribution in [0.1, 0.15) is 10.5 Å². The minimum atomic E-state index is -1.06. The summed E-state index contributed by atoms with van der Waals surface area (Å²) < 4.78 is 5.02. The minimum absolute atomic E-state index is 0.323. The summed E-state index contributed by atoms with van der Waals surface area (Å²) in [5, 5.41) is 12.8. The average Bonchev–Trinajstić information content (AvgIpc) is 2.91. The highest BCUT2D eigenvalue weighted by Gasteiger charge is 2.08. The molecule has 0 saturated heterocycles. The number of anilines is 1. The summed E-state index contributed by atoms with van der Waals surface area (Å²) in [6.07, 6.45) is 0. The zero-order chi connectivity index (χ0) is 13.7. The number of ether oxygens (including phenoxy) is 1. The second-order valence-corrected chi connectivity index (χ2v) is 4.26. The fourth-order valence-electron chi connectivity index (χ4n) is 1.33. The first kappa shape index (κ1) is 13.0. The number of aromatic nitrogens is 1. The Labute approximate surface area is 112 Å². The van der Waals surface area contributed by atoms with Gasteiger partial charge < -0.3 is 15.2 Å². The molecular weight excluding hydrogens is 268 g/mol. The van der Waals surface area contributed by atoms with Crippen molar-refractivity contribution in [3.63, 3.8) is 0 Å². The number of rotatable bonds is 5. The van der Waals surface area contributed by atoms with Gasteiger partial charge in [0, 0.05) is 17.1 Å². The quantitative estimate of drug-likeness (QED) is 0.871. The highest BCUT2D eigenvalue weighted by molar-refractivity contribution is 7.07. The van der Waals surface area contributed by atoms with Crippen LogP contribution in [0.25, 0.3) is 0 Å².